The van der Waals surface area contributed by atoms with Crippen molar-refractivity contribution in [3.8, 4) is 0 Å². The molecule has 1 aliphatic carbocycles. The van der Waals surface area contributed by atoms with Crippen molar-refractivity contribution in [3.63, 3.8) is 0 Å². The minimum Gasteiger partial charge on any atom is -0.358 e. The number of unbranched alkanes of at least 4 members (excludes halogenated alkanes) is 1. The van der Waals surface area contributed by atoms with Gasteiger partial charge in [-0.25, -0.2) is 4.98 Å². The van der Waals surface area contributed by atoms with Crippen molar-refractivity contribution in [1.29, 1.82) is 0 Å². The molecule has 1 aromatic rings. The van der Waals surface area contributed by atoms with Gasteiger partial charge in [0.05, 0.1) is 0 Å². The molecule has 0 aromatic carbocycles. The predicted octanol–water partition coefficient (Wildman–Crippen LogP) is 2.34. The van der Waals surface area contributed by atoms with Crippen molar-refractivity contribution in [1.82, 2.24) is 9.97 Å². The zero-order chi connectivity index (χ0) is 14.4. The third-order valence-electron chi connectivity index (χ3n) is 3.75. The number of anilines is 1. The van der Waals surface area contributed by atoms with E-state index in [1.807, 2.05) is 0 Å². The average Bonchev–Trinajstić information content (AvgIpc) is 2.83. The van der Waals surface area contributed by atoms with Crippen LogP contribution in [-0.4, -0.2) is 27.5 Å². The number of aryl methyl sites for hydroxylation is 1. The molecule has 7 nitrogen and oxygen atoms in total. The SMILES string of the molecule is NCCCCc1nc(NC2CCCCC2)[nH]c1[N+](=O)[O-]. The Labute approximate surface area is 118 Å². The van der Waals surface area contributed by atoms with Gasteiger partial charge < -0.3 is 21.2 Å². The quantitative estimate of drug-likeness (QED) is 0.403. The number of rotatable bonds is 7. The maximum atomic E-state index is 11.0. The molecule has 0 aliphatic heterocycles. The highest BCUT2D eigenvalue weighted by Gasteiger charge is 2.22. The minimum absolute atomic E-state index is 0.0142. The largest absolute Gasteiger partial charge is 0.358 e. The van der Waals surface area contributed by atoms with Gasteiger partial charge in [-0.3, -0.25) is 0 Å². The maximum Gasteiger partial charge on any atom is 0.345 e. The van der Waals surface area contributed by atoms with Crippen LogP contribution in [0.1, 0.15) is 50.6 Å². The smallest absolute Gasteiger partial charge is 0.345 e. The fourth-order valence-electron chi connectivity index (χ4n) is 2.67. The summed E-state index contributed by atoms with van der Waals surface area (Å²) in [5.41, 5.74) is 5.97. The number of nitro groups is 1. The van der Waals surface area contributed by atoms with Crippen LogP contribution in [-0.2, 0) is 6.42 Å². The second-order valence-electron chi connectivity index (χ2n) is 5.36. The highest BCUT2D eigenvalue weighted by atomic mass is 16.6. The highest BCUT2D eigenvalue weighted by Crippen LogP contribution is 2.24. The van der Waals surface area contributed by atoms with Crippen molar-refractivity contribution in [2.75, 3.05) is 11.9 Å². The number of hydrogen-bond donors (Lipinski definition) is 3. The van der Waals surface area contributed by atoms with Gasteiger partial charge in [0, 0.05) is 6.04 Å². The van der Waals surface area contributed by atoms with Gasteiger partial charge >= 0.3 is 5.82 Å². The van der Waals surface area contributed by atoms with Crippen LogP contribution in [0, 0.1) is 10.1 Å². The first-order chi connectivity index (χ1) is 9.70. The number of aromatic amines is 1. The second-order valence-corrected chi connectivity index (χ2v) is 5.36. The Morgan fingerprint density at radius 1 is 1.35 bits per heavy atom. The molecule has 1 fully saturated rings. The summed E-state index contributed by atoms with van der Waals surface area (Å²) in [5, 5.41) is 14.3. The monoisotopic (exact) mass is 281 g/mol. The Hall–Kier alpha value is -1.63. The van der Waals surface area contributed by atoms with E-state index in [9.17, 15) is 10.1 Å². The standard InChI is InChI=1S/C13H23N5O2/c14-9-5-4-8-11-12(18(19)20)17-13(16-11)15-10-6-2-1-3-7-10/h10H,1-9,14H2,(H2,15,16,17). The first kappa shape index (κ1) is 14.8. The normalized spacial score (nSPS) is 16.2. The van der Waals surface area contributed by atoms with Crippen LogP contribution in [0.25, 0.3) is 0 Å². The molecule has 1 aromatic heterocycles. The number of imidazole rings is 1. The number of nitrogens with zero attached hydrogens (tertiary/aromatic N) is 2. The number of nitrogens with one attached hydrogen (secondary N) is 2. The molecule has 0 radical (unpaired) electrons. The summed E-state index contributed by atoms with van der Waals surface area (Å²) in [7, 11) is 0. The Kier molecular flexibility index (Phi) is 5.34. The Bertz CT molecular complexity index is 440. The molecule has 4 N–H and O–H groups in total. The first-order valence-electron chi connectivity index (χ1n) is 7.40. The zero-order valence-corrected chi connectivity index (χ0v) is 11.7. The van der Waals surface area contributed by atoms with Gasteiger partial charge in [0.2, 0.25) is 0 Å². The fourth-order valence-corrected chi connectivity index (χ4v) is 2.67. The molecular weight excluding hydrogens is 258 g/mol. The maximum absolute atomic E-state index is 11.0. The number of hydrogen-bond acceptors (Lipinski definition) is 5. The minimum atomic E-state index is -0.392. The van der Waals surface area contributed by atoms with Gasteiger partial charge in [0.1, 0.15) is 5.69 Å². The van der Waals surface area contributed by atoms with Crippen molar-refractivity contribution in [2.24, 2.45) is 5.73 Å². The van der Waals surface area contributed by atoms with E-state index in [1.165, 1.54) is 19.3 Å². The third-order valence-corrected chi connectivity index (χ3v) is 3.75. The Morgan fingerprint density at radius 2 is 2.10 bits per heavy atom. The van der Waals surface area contributed by atoms with E-state index in [0.717, 1.165) is 25.7 Å². The van der Waals surface area contributed by atoms with E-state index in [2.05, 4.69) is 15.3 Å². The molecule has 0 amide bonds. The lowest BCUT2D eigenvalue weighted by Crippen LogP contribution is -2.22. The van der Waals surface area contributed by atoms with E-state index >= 15 is 0 Å². The molecule has 7 heteroatoms. The first-order valence-corrected chi connectivity index (χ1v) is 7.40. The van der Waals surface area contributed by atoms with Crippen LogP contribution in [0.15, 0.2) is 0 Å². The van der Waals surface area contributed by atoms with Crippen molar-refractivity contribution < 1.29 is 4.92 Å². The third kappa shape index (κ3) is 3.93. The summed E-state index contributed by atoms with van der Waals surface area (Å²) in [4.78, 5) is 17.8. The fraction of sp³-hybridized carbons (Fsp3) is 0.769. The molecule has 20 heavy (non-hydrogen) atoms. The van der Waals surface area contributed by atoms with Crippen LogP contribution in [0.4, 0.5) is 11.8 Å². The lowest BCUT2D eigenvalue weighted by Gasteiger charge is -2.21. The molecule has 0 atom stereocenters. The summed E-state index contributed by atoms with van der Waals surface area (Å²) >= 11 is 0. The molecule has 1 aliphatic rings. The van der Waals surface area contributed by atoms with E-state index < -0.39 is 4.92 Å². The molecule has 0 saturated heterocycles. The summed E-state index contributed by atoms with van der Waals surface area (Å²) < 4.78 is 0. The number of nitrogens with two attached hydrogens (primary N) is 1. The topological polar surface area (TPSA) is 110 Å². The molecule has 112 valence electrons. The van der Waals surface area contributed by atoms with Gasteiger partial charge in [-0.2, -0.15) is 4.98 Å². The van der Waals surface area contributed by atoms with Crippen LogP contribution in [0.3, 0.4) is 0 Å². The Morgan fingerprint density at radius 3 is 2.75 bits per heavy atom. The van der Waals surface area contributed by atoms with Gasteiger partial charge in [0.25, 0.3) is 5.95 Å². The van der Waals surface area contributed by atoms with Gasteiger partial charge in [0.15, 0.2) is 0 Å². The van der Waals surface area contributed by atoms with E-state index in [1.54, 1.807) is 0 Å². The van der Waals surface area contributed by atoms with Gasteiger partial charge in [-0.1, -0.05) is 19.3 Å². The summed E-state index contributed by atoms with van der Waals surface area (Å²) in [6, 6.07) is 0.381. The molecule has 0 bridgehead atoms. The average molecular weight is 281 g/mol. The lowest BCUT2D eigenvalue weighted by atomic mass is 9.96. The van der Waals surface area contributed by atoms with E-state index in [4.69, 9.17) is 5.73 Å². The van der Waals surface area contributed by atoms with E-state index in [-0.39, 0.29) is 5.82 Å². The molecule has 1 saturated carbocycles. The molecule has 1 heterocycles. The molecule has 0 unspecified atom stereocenters. The summed E-state index contributed by atoms with van der Waals surface area (Å²) in [6.07, 6.45) is 8.19. The van der Waals surface area contributed by atoms with Crippen LogP contribution in [0.5, 0.6) is 0 Å². The Balaban J connectivity index is 2.01. The molecule has 2 rings (SSSR count). The van der Waals surface area contributed by atoms with Crippen molar-refractivity contribution in [2.45, 2.75) is 57.4 Å². The highest BCUT2D eigenvalue weighted by molar-refractivity contribution is 5.40. The summed E-state index contributed by atoms with van der Waals surface area (Å²) in [5.74, 6) is 0.548. The van der Waals surface area contributed by atoms with Crippen molar-refractivity contribution in [3.05, 3.63) is 15.8 Å². The second kappa shape index (κ2) is 7.23. The predicted molar refractivity (Wildman–Crippen MR) is 77.7 cm³/mol. The number of H-pyrrole nitrogens is 1. The van der Waals surface area contributed by atoms with Crippen molar-refractivity contribution >= 4 is 11.8 Å². The molecular formula is C13H23N5O2. The lowest BCUT2D eigenvalue weighted by molar-refractivity contribution is -0.390. The molecule has 0 spiro atoms. The summed E-state index contributed by atoms with van der Waals surface area (Å²) in [6.45, 7) is 0.603. The van der Waals surface area contributed by atoms with Crippen LogP contribution >= 0.6 is 0 Å². The van der Waals surface area contributed by atoms with Crippen LogP contribution < -0.4 is 11.1 Å². The van der Waals surface area contributed by atoms with Gasteiger partial charge in [-0.05, 0) is 43.6 Å². The van der Waals surface area contributed by atoms with E-state index in [0.29, 0.717) is 30.6 Å². The van der Waals surface area contributed by atoms with Crippen LogP contribution in [0.2, 0.25) is 0 Å². The van der Waals surface area contributed by atoms with Gasteiger partial charge in [-0.15, -0.1) is 0 Å². The number of aromatic nitrogens is 2. The zero-order valence-electron chi connectivity index (χ0n) is 11.7.